The van der Waals surface area contributed by atoms with Gasteiger partial charge in [-0.15, -0.1) is 11.3 Å². The van der Waals surface area contributed by atoms with E-state index in [0.29, 0.717) is 11.4 Å². The number of hydrogen-bond acceptors (Lipinski definition) is 6. The zero-order valence-corrected chi connectivity index (χ0v) is 15.8. The van der Waals surface area contributed by atoms with Crippen molar-refractivity contribution in [1.29, 1.82) is 0 Å². The Morgan fingerprint density at radius 2 is 1.96 bits per heavy atom. The van der Waals surface area contributed by atoms with Crippen molar-refractivity contribution in [2.45, 2.75) is 6.92 Å². The summed E-state index contributed by atoms with van der Waals surface area (Å²) in [6, 6.07) is 16.3. The number of ether oxygens (including phenoxy) is 1. The molecule has 0 radical (unpaired) electrons. The van der Waals surface area contributed by atoms with E-state index in [0.717, 1.165) is 21.6 Å². The first kappa shape index (κ1) is 17.9. The summed E-state index contributed by atoms with van der Waals surface area (Å²) in [5, 5.41) is 7.13. The minimum absolute atomic E-state index is 0.384. The van der Waals surface area contributed by atoms with E-state index < -0.39 is 18.5 Å². The van der Waals surface area contributed by atoms with Crippen LogP contribution in [0.15, 0.2) is 60.1 Å². The van der Waals surface area contributed by atoms with Gasteiger partial charge in [0.2, 0.25) is 0 Å². The average molecular weight is 392 g/mol. The highest BCUT2D eigenvalue weighted by Gasteiger charge is 2.14. The molecule has 0 saturated carbocycles. The van der Waals surface area contributed by atoms with E-state index in [1.165, 1.54) is 11.3 Å². The lowest BCUT2D eigenvalue weighted by Crippen LogP contribution is -2.22. The van der Waals surface area contributed by atoms with E-state index in [9.17, 15) is 9.59 Å². The summed E-state index contributed by atoms with van der Waals surface area (Å²) in [5.74, 6) is -0.488. The van der Waals surface area contributed by atoms with Gasteiger partial charge in [-0.2, -0.15) is 5.10 Å². The molecule has 2 aromatic carbocycles. The van der Waals surface area contributed by atoms with E-state index in [4.69, 9.17) is 4.74 Å². The minimum atomic E-state index is -0.557. The van der Waals surface area contributed by atoms with Crippen LogP contribution in [0.4, 0.5) is 5.82 Å². The van der Waals surface area contributed by atoms with Gasteiger partial charge in [-0.05, 0) is 37.3 Å². The maximum Gasteiger partial charge on any atom is 0.338 e. The van der Waals surface area contributed by atoms with Crippen molar-refractivity contribution in [3.8, 4) is 5.69 Å². The molecule has 4 rings (SSSR count). The molecule has 0 saturated heterocycles. The average Bonchev–Trinajstić information content (AvgIpc) is 3.32. The summed E-state index contributed by atoms with van der Waals surface area (Å²) < 4.78 is 7.67. The molecule has 1 amide bonds. The van der Waals surface area contributed by atoms with Crippen molar-refractivity contribution in [3.05, 3.63) is 71.4 Å². The molecule has 0 aliphatic heterocycles. The fourth-order valence-electron chi connectivity index (χ4n) is 2.73. The van der Waals surface area contributed by atoms with Crippen LogP contribution in [0.3, 0.4) is 0 Å². The normalized spacial score (nSPS) is 10.8. The number of anilines is 1. The van der Waals surface area contributed by atoms with Crippen molar-refractivity contribution in [1.82, 2.24) is 14.8 Å². The van der Waals surface area contributed by atoms with Crippen LogP contribution >= 0.6 is 11.3 Å². The van der Waals surface area contributed by atoms with Gasteiger partial charge in [-0.25, -0.2) is 14.5 Å². The number of hydrogen-bond donors (Lipinski definition) is 1. The van der Waals surface area contributed by atoms with Gasteiger partial charge in [0.1, 0.15) is 5.82 Å². The molecule has 0 bridgehead atoms. The van der Waals surface area contributed by atoms with Gasteiger partial charge < -0.3 is 10.1 Å². The molecule has 0 fully saturated rings. The predicted molar refractivity (Wildman–Crippen MR) is 107 cm³/mol. The van der Waals surface area contributed by atoms with Crippen LogP contribution in [0.5, 0.6) is 0 Å². The second-order valence-electron chi connectivity index (χ2n) is 6.08. The topological polar surface area (TPSA) is 86.1 Å². The lowest BCUT2D eigenvalue weighted by molar-refractivity contribution is -0.119. The number of thiazole rings is 1. The Labute approximate surface area is 164 Å². The standard InChI is InChI=1S/C20H16N4O3S/c1-13-9-18(24(23-13)15-5-3-2-4-6-15)22-19(25)11-27-20(26)14-7-8-16-17(10-14)28-12-21-16/h2-10,12H,11H2,1H3,(H,22,25). The number of carbonyl (C=O) groups is 2. The molecule has 0 aliphatic carbocycles. The summed E-state index contributed by atoms with van der Waals surface area (Å²) >= 11 is 1.44. The van der Waals surface area contributed by atoms with E-state index in [-0.39, 0.29) is 0 Å². The third-order valence-corrected chi connectivity index (χ3v) is 4.79. The number of esters is 1. The first-order chi connectivity index (χ1) is 13.6. The van der Waals surface area contributed by atoms with Crippen LogP contribution in [0.2, 0.25) is 0 Å². The second-order valence-corrected chi connectivity index (χ2v) is 6.96. The van der Waals surface area contributed by atoms with Crippen LogP contribution < -0.4 is 5.32 Å². The van der Waals surface area contributed by atoms with E-state index >= 15 is 0 Å². The maximum absolute atomic E-state index is 12.3. The van der Waals surface area contributed by atoms with Gasteiger partial charge in [-0.1, -0.05) is 18.2 Å². The molecule has 2 heterocycles. The molecule has 0 unspecified atom stereocenters. The Hall–Kier alpha value is -3.52. The number of rotatable bonds is 5. The van der Waals surface area contributed by atoms with Crippen LogP contribution in [0.25, 0.3) is 15.9 Å². The molecule has 4 aromatic rings. The lowest BCUT2D eigenvalue weighted by Gasteiger charge is -2.09. The maximum atomic E-state index is 12.3. The molecule has 2 aromatic heterocycles. The monoisotopic (exact) mass is 392 g/mol. The van der Waals surface area contributed by atoms with Crippen molar-refractivity contribution < 1.29 is 14.3 Å². The molecule has 7 nitrogen and oxygen atoms in total. The highest BCUT2D eigenvalue weighted by molar-refractivity contribution is 7.16. The number of nitrogens with one attached hydrogen (secondary N) is 1. The number of amides is 1. The highest BCUT2D eigenvalue weighted by atomic mass is 32.1. The number of aryl methyl sites for hydroxylation is 1. The van der Waals surface area contributed by atoms with Crippen molar-refractivity contribution in [3.63, 3.8) is 0 Å². The summed E-state index contributed by atoms with van der Waals surface area (Å²) in [4.78, 5) is 28.7. The molecule has 8 heteroatoms. The van der Waals surface area contributed by atoms with Gasteiger partial charge in [-0.3, -0.25) is 4.79 Å². The molecule has 1 N–H and O–H groups in total. The van der Waals surface area contributed by atoms with E-state index in [2.05, 4.69) is 15.4 Å². The Bertz CT molecular complexity index is 1150. The Morgan fingerprint density at radius 3 is 2.79 bits per heavy atom. The zero-order chi connectivity index (χ0) is 19.5. The van der Waals surface area contributed by atoms with Gasteiger partial charge >= 0.3 is 5.97 Å². The number of aromatic nitrogens is 3. The fraction of sp³-hybridized carbons (Fsp3) is 0.100. The van der Waals surface area contributed by atoms with Crippen LogP contribution in [-0.2, 0) is 9.53 Å². The summed E-state index contributed by atoms with van der Waals surface area (Å²) in [6.45, 7) is 1.45. The van der Waals surface area contributed by atoms with Crippen molar-refractivity contribution >= 4 is 39.2 Å². The van der Waals surface area contributed by atoms with Gasteiger partial charge in [0.15, 0.2) is 6.61 Å². The molecule has 0 spiro atoms. The summed E-state index contributed by atoms with van der Waals surface area (Å²) in [7, 11) is 0. The SMILES string of the molecule is Cc1cc(NC(=O)COC(=O)c2ccc3ncsc3c2)n(-c2ccccc2)n1. The predicted octanol–water partition coefficient (Wildman–Crippen LogP) is 3.59. The van der Waals surface area contributed by atoms with Crippen LogP contribution in [0, 0.1) is 6.92 Å². The quantitative estimate of drug-likeness (QED) is 0.525. The van der Waals surface area contributed by atoms with Gasteiger partial charge in [0.05, 0.1) is 32.7 Å². The summed E-state index contributed by atoms with van der Waals surface area (Å²) in [6.07, 6.45) is 0. The number of carbonyl (C=O) groups excluding carboxylic acids is 2. The largest absolute Gasteiger partial charge is 0.452 e. The number of fused-ring (bicyclic) bond motifs is 1. The Kier molecular flexibility index (Phi) is 4.86. The van der Waals surface area contributed by atoms with Crippen LogP contribution in [0.1, 0.15) is 16.1 Å². The van der Waals surface area contributed by atoms with Crippen molar-refractivity contribution in [2.24, 2.45) is 0 Å². The smallest absolute Gasteiger partial charge is 0.338 e. The molecule has 0 atom stereocenters. The molecule has 140 valence electrons. The Morgan fingerprint density at radius 1 is 1.14 bits per heavy atom. The lowest BCUT2D eigenvalue weighted by atomic mass is 10.2. The highest BCUT2D eigenvalue weighted by Crippen LogP contribution is 2.20. The van der Waals surface area contributed by atoms with Crippen molar-refractivity contribution in [2.75, 3.05) is 11.9 Å². The van der Waals surface area contributed by atoms with Gasteiger partial charge in [0, 0.05) is 6.07 Å². The molecule has 0 aliphatic rings. The van der Waals surface area contributed by atoms with Crippen LogP contribution in [-0.4, -0.2) is 33.2 Å². The number of nitrogens with zero attached hydrogens (tertiary/aromatic N) is 3. The molecular weight excluding hydrogens is 376 g/mol. The van der Waals surface area contributed by atoms with Gasteiger partial charge in [0.25, 0.3) is 5.91 Å². The molecular formula is C20H16N4O3S. The second kappa shape index (κ2) is 7.61. The zero-order valence-electron chi connectivity index (χ0n) is 15.0. The van der Waals surface area contributed by atoms with E-state index in [1.54, 1.807) is 34.5 Å². The third kappa shape index (κ3) is 3.77. The molecule has 28 heavy (non-hydrogen) atoms. The Balaban J connectivity index is 1.41. The minimum Gasteiger partial charge on any atom is -0.452 e. The summed E-state index contributed by atoms with van der Waals surface area (Å²) in [5.41, 5.74) is 4.50. The number of para-hydroxylation sites is 1. The third-order valence-electron chi connectivity index (χ3n) is 4.00. The first-order valence-electron chi connectivity index (χ1n) is 8.52. The number of benzene rings is 2. The fourth-order valence-corrected chi connectivity index (χ4v) is 3.45. The van der Waals surface area contributed by atoms with E-state index in [1.807, 2.05) is 37.3 Å². The first-order valence-corrected chi connectivity index (χ1v) is 9.40.